The quantitative estimate of drug-likeness (QED) is 0.311. The highest BCUT2D eigenvalue weighted by Crippen LogP contribution is 2.17. The monoisotopic (exact) mass is 524 g/mol. The number of benzene rings is 1. The number of aliphatic imine (C=N–C) groups is 1. The maximum atomic E-state index is 13.5. The van der Waals surface area contributed by atoms with Crippen molar-refractivity contribution < 1.29 is 9.13 Å². The molecule has 1 heterocycles. The van der Waals surface area contributed by atoms with Gasteiger partial charge in [0, 0.05) is 45.0 Å². The van der Waals surface area contributed by atoms with Crippen LogP contribution in [0.4, 0.5) is 4.39 Å². The number of ether oxygens (including phenoxy) is 1. The van der Waals surface area contributed by atoms with Gasteiger partial charge < -0.3 is 15.4 Å². The first kappa shape index (κ1) is 25.5. The number of guanidine groups is 1. The van der Waals surface area contributed by atoms with Gasteiger partial charge in [-0.05, 0) is 35.4 Å². The molecule has 1 aliphatic rings. The number of rotatable bonds is 8. The largest absolute Gasteiger partial charge is 0.379 e. The van der Waals surface area contributed by atoms with E-state index in [2.05, 4.69) is 34.4 Å². The van der Waals surface area contributed by atoms with E-state index in [9.17, 15) is 4.39 Å². The fourth-order valence-corrected chi connectivity index (χ4v) is 3.93. The molecule has 1 aromatic carbocycles. The first-order chi connectivity index (χ1) is 13.0. The Morgan fingerprint density at radius 1 is 1.25 bits per heavy atom. The van der Waals surface area contributed by atoms with Gasteiger partial charge in [-0.2, -0.15) is 11.8 Å². The summed E-state index contributed by atoms with van der Waals surface area (Å²) >= 11 is 1.69. The van der Waals surface area contributed by atoms with Crippen LogP contribution in [0.25, 0.3) is 0 Å². The summed E-state index contributed by atoms with van der Waals surface area (Å²) in [5.74, 6) is 1.93. The molecule has 0 aromatic heterocycles. The van der Waals surface area contributed by atoms with Gasteiger partial charge in [0.25, 0.3) is 0 Å². The van der Waals surface area contributed by atoms with Crippen LogP contribution in [0.15, 0.2) is 23.2 Å². The van der Waals surface area contributed by atoms with Crippen LogP contribution in [0, 0.1) is 11.7 Å². The molecule has 28 heavy (non-hydrogen) atoms. The summed E-state index contributed by atoms with van der Waals surface area (Å²) in [6.45, 7) is 9.53. The van der Waals surface area contributed by atoms with Crippen LogP contribution in [0.3, 0.4) is 0 Å². The number of hydrogen-bond acceptors (Lipinski definition) is 4. The van der Waals surface area contributed by atoms with Crippen LogP contribution in [-0.2, 0) is 17.0 Å². The lowest BCUT2D eigenvalue weighted by Crippen LogP contribution is -2.52. The minimum absolute atomic E-state index is 0. The van der Waals surface area contributed by atoms with Gasteiger partial charge >= 0.3 is 0 Å². The molecule has 1 aliphatic heterocycles. The van der Waals surface area contributed by atoms with Crippen LogP contribution < -0.4 is 10.6 Å². The van der Waals surface area contributed by atoms with Gasteiger partial charge in [-0.3, -0.25) is 9.89 Å². The van der Waals surface area contributed by atoms with Gasteiger partial charge in [-0.1, -0.05) is 19.9 Å². The second-order valence-corrected chi connectivity index (χ2v) is 7.98. The van der Waals surface area contributed by atoms with Gasteiger partial charge in [0.1, 0.15) is 5.82 Å². The molecule has 0 saturated carbocycles. The molecule has 0 bridgehead atoms. The van der Waals surface area contributed by atoms with Crippen molar-refractivity contribution in [3.63, 3.8) is 0 Å². The molecule has 1 saturated heterocycles. The molecule has 0 radical (unpaired) electrons. The smallest absolute Gasteiger partial charge is 0.191 e. The van der Waals surface area contributed by atoms with Crippen LogP contribution in [0.5, 0.6) is 0 Å². The highest BCUT2D eigenvalue weighted by atomic mass is 127. The first-order valence-electron chi connectivity index (χ1n) is 9.57. The number of nitrogens with one attached hydrogen (secondary N) is 2. The summed E-state index contributed by atoms with van der Waals surface area (Å²) < 4.78 is 19.0. The molecule has 0 amide bonds. The number of thioether (sulfide) groups is 1. The summed E-state index contributed by atoms with van der Waals surface area (Å²) in [4.78, 5) is 6.84. The van der Waals surface area contributed by atoms with E-state index in [1.165, 1.54) is 6.07 Å². The maximum absolute atomic E-state index is 13.5. The van der Waals surface area contributed by atoms with E-state index in [1.807, 2.05) is 12.3 Å². The van der Waals surface area contributed by atoms with E-state index in [0.717, 1.165) is 55.7 Å². The van der Waals surface area contributed by atoms with Crippen LogP contribution in [0.2, 0.25) is 0 Å². The van der Waals surface area contributed by atoms with Crippen LogP contribution in [-0.4, -0.2) is 63.1 Å². The summed E-state index contributed by atoms with van der Waals surface area (Å²) in [5, 5.41) is 6.82. The Morgan fingerprint density at radius 3 is 2.57 bits per heavy atom. The molecule has 2 rings (SSSR count). The number of halogens is 2. The normalized spacial score (nSPS) is 16.6. The maximum Gasteiger partial charge on any atom is 0.191 e. The molecule has 0 spiro atoms. The first-order valence-corrected chi connectivity index (χ1v) is 11.0. The van der Waals surface area contributed by atoms with Crippen molar-refractivity contribution in [3.05, 3.63) is 35.1 Å². The molecule has 1 unspecified atom stereocenters. The average molecular weight is 524 g/mol. The molecule has 5 nitrogen and oxygen atoms in total. The standard InChI is InChI=1S/C20H33FN4OS.HI/c1-15(2)19(25-7-9-26-10-8-25)13-24-20(22-3)23-12-16-5-6-18(21)11-17(16)14-27-4;/h5-6,11,15,19H,7-10,12-14H2,1-4H3,(H2,22,23,24);1H. The predicted molar refractivity (Wildman–Crippen MR) is 128 cm³/mol. The SMILES string of the molecule is CN=C(NCc1ccc(F)cc1CSC)NCC(C(C)C)N1CCOCC1.I. The molecular weight excluding hydrogens is 490 g/mol. The fourth-order valence-electron chi connectivity index (χ4n) is 3.35. The van der Waals surface area contributed by atoms with Gasteiger partial charge in [0.15, 0.2) is 5.96 Å². The van der Waals surface area contributed by atoms with Crippen LogP contribution >= 0.6 is 35.7 Å². The lowest BCUT2D eigenvalue weighted by Gasteiger charge is -2.37. The van der Waals surface area contributed by atoms with E-state index in [4.69, 9.17) is 4.74 Å². The summed E-state index contributed by atoms with van der Waals surface area (Å²) in [6, 6.07) is 5.43. The van der Waals surface area contributed by atoms with Crippen molar-refractivity contribution in [2.75, 3.05) is 46.2 Å². The lowest BCUT2D eigenvalue weighted by atomic mass is 10.0. The topological polar surface area (TPSA) is 48.9 Å². The van der Waals surface area contributed by atoms with E-state index in [0.29, 0.717) is 18.5 Å². The van der Waals surface area contributed by atoms with Crippen molar-refractivity contribution in [2.45, 2.75) is 32.2 Å². The lowest BCUT2D eigenvalue weighted by molar-refractivity contribution is 0.00752. The van der Waals surface area contributed by atoms with Gasteiger partial charge in [0.2, 0.25) is 0 Å². The number of nitrogens with zero attached hydrogens (tertiary/aromatic N) is 2. The zero-order chi connectivity index (χ0) is 19.6. The Bertz CT molecular complexity index is 612. The molecule has 0 aliphatic carbocycles. The zero-order valence-electron chi connectivity index (χ0n) is 17.3. The predicted octanol–water partition coefficient (Wildman–Crippen LogP) is 3.33. The van der Waals surface area contributed by atoms with Crippen LogP contribution in [0.1, 0.15) is 25.0 Å². The van der Waals surface area contributed by atoms with Crippen molar-refractivity contribution in [3.8, 4) is 0 Å². The summed E-state index contributed by atoms with van der Waals surface area (Å²) in [6.07, 6.45) is 2.03. The van der Waals surface area contributed by atoms with Crippen molar-refractivity contribution in [1.82, 2.24) is 15.5 Å². The highest BCUT2D eigenvalue weighted by Gasteiger charge is 2.23. The van der Waals surface area contributed by atoms with E-state index >= 15 is 0 Å². The minimum atomic E-state index is -0.185. The third-order valence-corrected chi connectivity index (χ3v) is 5.50. The Hall–Kier alpha value is -0.580. The zero-order valence-corrected chi connectivity index (χ0v) is 20.5. The van der Waals surface area contributed by atoms with Crippen molar-refractivity contribution in [1.29, 1.82) is 0 Å². The second kappa shape index (κ2) is 13.6. The van der Waals surface area contributed by atoms with Crippen molar-refractivity contribution in [2.24, 2.45) is 10.9 Å². The second-order valence-electron chi connectivity index (χ2n) is 7.11. The molecule has 160 valence electrons. The molecular formula is C20H34FIN4OS. The number of hydrogen-bond donors (Lipinski definition) is 2. The fraction of sp³-hybridized carbons (Fsp3) is 0.650. The third kappa shape index (κ3) is 8.04. The van der Waals surface area contributed by atoms with Gasteiger partial charge in [-0.15, -0.1) is 24.0 Å². The summed E-state index contributed by atoms with van der Waals surface area (Å²) in [7, 11) is 1.78. The Labute approximate surface area is 190 Å². The van der Waals surface area contributed by atoms with Gasteiger partial charge in [0.05, 0.1) is 13.2 Å². The molecule has 1 aromatic rings. The van der Waals surface area contributed by atoms with E-state index in [1.54, 1.807) is 24.9 Å². The average Bonchev–Trinajstić information content (AvgIpc) is 2.66. The molecule has 8 heteroatoms. The Morgan fingerprint density at radius 2 is 1.96 bits per heavy atom. The molecule has 1 atom stereocenters. The van der Waals surface area contributed by atoms with E-state index < -0.39 is 0 Å². The van der Waals surface area contributed by atoms with Gasteiger partial charge in [-0.25, -0.2) is 4.39 Å². The summed E-state index contributed by atoms with van der Waals surface area (Å²) in [5.41, 5.74) is 2.13. The Balaban J connectivity index is 0.00000392. The molecule has 2 N–H and O–H groups in total. The Kier molecular flexibility index (Phi) is 12.4. The molecule has 1 fully saturated rings. The third-order valence-electron chi connectivity index (χ3n) is 4.90. The van der Waals surface area contributed by atoms with E-state index in [-0.39, 0.29) is 29.8 Å². The highest BCUT2D eigenvalue weighted by molar-refractivity contribution is 14.0. The minimum Gasteiger partial charge on any atom is -0.379 e. The number of morpholine rings is 1. The van der Waals surface area contributed by atoms with Crippen molar-refractivity contribution >= 4 is 41.7 Å².